The molecule has 1 amide bonds. The van der Waals surface area contributed by atoms with E-state index in [-0.39, 0.29) is 11.7 Å². The number of halogens is 1. The van der Waals surface area contributed by atoms with Crippen molar-refractivity contribution in [2.45, 2.75) is 19.4 Å². The Kier molecular flexibility index (Phi) is 9.37. The first kappa shape index (κ1) is 23.6. The van der Waals surface area contributed by atoms with Crippen LogP contribution in [0.3, 0.4) is 0 Å². The molecule has 1 fully saturated rings. The summed E-state index contributed by atoms with van der Waals surface area (Å²) in [6, 6.07) is 10.2. The van der Waals surface area contributed by atoms with Crippen LogP contribution in [-0.4, -0.2) is 69.7 Å². The van der Waals surface area contributed by atoms with Crippen LogP contribution in [0.25, 0.3) is 0 Å². The third kappa shape index (κ3) is 7.56. The van der Waals surface area contributed by atoms with E-state index in [0.29, 0.717) is 45.2 Å². The molecule has 1 saturated heterocycles. The summed E-state index contributed by atoms with van der Waals surface area (Å²) in [4.78, 5) is 20.8. The zero-order valence-corrected chi connectivity index (χ0v) is 18.6. The Bertz CT molecular complexity index is 834. The maximum atomic E-state index is 13.1. The van der Waals surface area contributed by atoms with Crippen molar-refractivity contribution in [3.05, 3.63) is 54.2 Å². The lowest BCUT2D eigenvalue weighted by Gasteiger charge is -2.36. The lowest BCUT2D eigenvalue weighted by molar-refractivity contribution is -0.131. The number of nitrogens with one attached hydrogen (secondary N) is 2. The molecule has 1 aromatic carbocycles. The number of aliphatic imine (C=N–C) groups is 1. The van der Waals surface area contributed by atoms with Gasteiger partial charge in [-0.05, 0) is 42.8 Å². The second kappa shape index (κ2) is 12.7. The molecule has 0 unspecified atom stereocenters. The van der Waals surface area contributed by atoms with Crippen LogP contribution in [0.5, 0.6) is 0 Å². The molecule has 3 rings (SSSR count). The summed E-state index contributed by atoms with van der Waals surface area (Å²) in [5.41, 5.74) is 0.987. The monoisotopic (exact) mass is 445 g/mol. The minimum absolute atomic E-state index is 0.123. The Hall–Kier alpha value is -3.07. The van der Waals surface area contributed by atoms with E-state index < -0.39 is 0 Å². The van der Waals surface area contributed by atoms with Gasteiger partial charge in [0.25, 0.3) is 0 Å². The molecule has 0 aliphatic carbocycles. The topological polar surface area (TPSA) is 82.3 Å². The minimum Gasteiger partial charge on any atom is -0.467 e. The van der Waals surface area contributed by atoms with E-state index in [1.165, 1.54) is 12.1 Å². The van der Waals surface area contributed by atoms with Gasteiger partial charge < -0.3 is 29.6 Å². The highest BCUT2D eigenvalue weighted by Crippen LogP contribution is 2.17. The average molecular weight is 446 g/mol. The van der Waals surface area contributed by atoms with Gasteiger partial charge in [-0.2, -0.15) is 0 Å². The van der Waals surface area contributed by atoms with Crippen molar-refractivity contribution in [3.63, 3.8) is 0 Å². The van der Waals surface area contributed by atoms with Gasteiger partial charge in [0.05, 0.1) is 6.26 Å². The van der Waals surface area contributed by atoms with Gasteiger partial charge in [-0.15, -0.1) is 0 Å². The van der Waals surface area contributed by atoms with Crippen LogP contribution in [0.4, 0.5) is 10.1 Å². The normalized spacial score (nSPS) is 14.5. The molecule has 0 spiro atoms. The number of piperazine rings is 1. The van der Waals surface area contributed by atoms with Gasteiger partial charge in [-0.1, -0.05) is 0 Å². The second-order valence-corrected chi connectivity index (χ2v) is 7.51. The van der Waals surface area contributed by atoms with E-state index in [1.807, 2.05) is 17.0 Å². The van der Waals surface area contributed by atoms with Crippen molar-refractivity contribution in [3.8, 4) is 0 Å². The molecule has 1 aliphatic rings. The number of amides is 1. The third-order valence-electron chi connectivity index (χ3n) is 5.26. The lowest BCUT2D eigenvalue weighted by atomic mass is 10.2. The molecule has 2 N–H and O–H groups in total. The molecule has 8 nitrogen and oxygen atoms in total. The van der Waals surface area contributed by atoms with E-state index >= 15 is 0 Å². The van der Waals surface area contributed by atoms with Crippen LogP contribution in [0.15, 0.2) is 52.1 Å². The van der Waals surface area contributed by atoms with Crippen LogP contribution >= 0.6 is 0 Å². The molecule has 0 bridgehead atoms. The molecular formula is C23H32FN5O3. The minimum atomic E-state index is -0.238. The SMILES string of the molecule is CN=C(NCCCOCc1ccco1)NCCC(=O)N1CCN(c2ccc(F)cc2)CC1. The van der Waals surface area contributed by atoms with Crippen molar-refractivity contribution in [2.24, 2.45) is 4.99 Å². The number of anilines is 1. The fourth-order valence-corrected chi connectivity index (χ4v) is 3.48. The summed E-state index contributed by atoms with van der Waals surface area (Å²) in [5.74, 6) is 1.37. The molecule has 1 aromatic heterocycles. The van der Waals surface area contributed by atoms with Crippen LogP contribution in [0.1, 0.15) is 18.6 Å². The summed E-state index contributed by atoms with van der Waals surface area (Å²) in [7, 11) is 1.71. The van der Waals surface area contributed by atoms with Gasteiger partial charge >= 0.3 is 0 Å². The Morgan fingerprint density at radius 3 is 2.56 bits per heavy atom. The van der Waals surface area contributed by atoms with Gasteiger partial charge in [0.2, 0.25) is 5.91 Å². The lowest BCUT2D eigenvalue weighted by Crippen LogP contribution is -2.49. The van der Waals surface area contributed by atoms with E-state index in [1.54, 1.807) is 25.4 Å². The fourth-order valence-electron chi connectivity index (χ4n) is 3.48. The number of benzene rings is 1. The smallest absolute Gasteiger partial charge is 0.224 e. The number of guanidine groups is 1. The Balaban J connectivity index is 1.25. The van der Waals surface area contributed by atoms with E-state index in [2.05, 4.69) is 20.5 Å². The Labute approximate surface area is 188 Å². The predicted molar refractivity (Wildman–Crippen MR) is 122 cm³/mol. The number of nitrogens with zero attached hydrogens (tertiary/aromatic N) is 3. The van der Waals surface area contributed by atoms with Crippen molar-refractivity contribution in [1.29, 1.82) is 0 Å². The van der Waals surface area contributed by atoms with Gasteiger partial charge in [0, 0.05) is 65.0 Å². The van der Waals surface area contributed by atoms with Crippen molar-refractivity contribution in [2.75, 3.05) is 57.8 Å². The summed E-state index contributed by atoms with van der Waals surface area (Å²) in [6.07, 6.45) is 2.87. The van der Waals surface area contributed by atoms with Crippen molar-refractivity contribution in [1.82, 2.24) is 15.5 Å². The molecule has 32 heavy (non-hydrogen) atoms. The van der Waals surface area contributed by atoms with Crippen LogP contribution in [0, 0.1) is 5.82 Å². The summed E-state index contributed by atoms with van der Waals surface area (Å²) in [6.45, 7) is 5.16. The maximum absolute atomic E-state index is 13.1. The van der Waals surface area contributed by atoms with Crippen LogP contribution in [0.2, 0.25) is 0 Å². The van der Waals surface area contributed by atoms with Gasteiger partial charge in [0.1, 0.15) is 18.2 Å². The standard InChI is InChI=1S/C23H32FN5O3/c1-25-23(26-10-3-16-31-18-21-4-2-17-32-21)27-11-9-22(30)29-14-12-28(13-15-29)20-7-5-19(24)6-8-20/h2,4-8,17H,3,9-16,18H2,1H3,(H2,25,26,27). The molecule has 1 aliphatic heterocycles. The van der Waals surface area contributed by atoms with Gasteiger partial charge in [0.15, 0.2) is 5.96 Å². The quantitative estimate of drug-likeness (QED) is 0.332. The highest BCUT2D eigenvalue weighted by molar-refractivity contribution is 5.81. The third-order valence-corrected chi connectivity index (χ3v) is 5.26. The molecule has 0 radical (unpaired) electrons. The first-order valence-corrected chi connectivity index (χ1v) is 11.0. The second-order valence-electron chi connectivity index (χ2n) is 7.51. The zero-order chi connectivity index (χ0) is 22.6. The number of hydrogen-bond acceptors (Lipinski definition) is 5. The number of carbonyl (C=O) groups excluding carboxylic acids is 1. The van der Waals surface area contributed by atoms with Gasteiger partial charge in [-0.25, -0.2) is 4.39 Å². The summed E-state index contributed by atoms with van der Waals surface area (Å²) in [5, 5.41) is 6.40. The van der Waals surface area contributed by atoms with Crippen LogP contribution < -0.4 is 15.5 Å². The number of ether oxygens (including phenoxy) is 1. The van der Waals surface area contributed by atoms with E-state index in [9.17, 15) is 9.18 Å². The molecule has 0 saturated carbocycles. The van der Waals surface area contributed by atoms with Crippen molar-refractivity contribution < 1.29 is 18.3 Å². The number of carbonyl (C=O) groups is 1. The first-order chi connectivity index (χ1) is 15.7. The Morgan fingerprint density at radius 2 is 1.88 bits per heavy atom. The highest BCUT2D eigenvalue weighted by Gasteiger charge is 2.21. The van der Waals surface area contributed by atoms with Gasteiger partial charge in [-0.3, -0.25) is 9.79 Å². The summed E-state index contributed by atoms with van der Waals surface area (Å²) < 4.78 is 23.9. The molecule has 174 valence electrons. The van der Waals surface area contributed by atoms with E-state index in [0.717, 1.165) is 37.5 Å². The Morgan fingerprint density at radius 1 is 1.12 bits per heavy atom. The highest BCUT2D eigenvalue weighted by atomic mass is 19.1. The zero-order valence-electron chi connectivity index (χ0n) is 18.6. The first-order valence-electron chi connectivity index (χ1n) is 11.0. The average Bonchev–Trinajstić information content (AvgIpc) is 3.34. The number of furan rings is 1. The van der Waals surface area contributed by atoms with Crippen LogP contribution in [-0.2, 0) is 16.1 Å². The van der Waals surface area contributed by atoms with E-state index in [4.69, 9.17) is 9.15 Å². The summed E-state index contributed by atoms with van der Waals surface area (Å²) >= 11 is 0. The molecule has 0 atom stereocenters. The fraction of sp³-hybridized carbons (Fsp3) is 0.478. The molecular weight excluding hydrogens is 413 g/mol. The number of rotatable bonds is 10. The predicted octanol–water partition coefficient (Wildman–Crippen LogP) is 2.23. The largest absolute Gasteiger partial charge is 0.467 e. The maximum Gasteiger partial charge on any atom is 0.224 e. The number of hydrogen-bond donors (Lipinski definition) is 2. The molecule has 9 heteroatoms. The van der Waals surface area contributed by atoms with Crippen molar-refractivity contribution >= 4 is 17.6 Å². The molecule has 2 aromatic rings. The molecule has 2 heterocycles.